The summed E-state index contributed by atoms with van der Waals surface area (Å²) in [5.74, 6) is 0. The second-order valence-electron chi connectivity index (χ2n) is 9.48. The van der Waals surface area contributed by atoms with Crippen molar-refractivity contribution in [1.82, 2.24) is 0 Å². The molecule has 2 fully saturated rings. The molecular weight excluding hydrogens is 480 g/mol. The summed E-state index contributed by atoms with van der Waals surface area (Å²) < 4.78 is 0. The molecule has 3 aliphatic carbocycles. The van der Waals surface area contributed by atoms with Gasteiger partial charge in [0, 0.05) is 0 Å². The molecular formula is C30H36SiZr. The number of benzene rings is 2. The van der Waals surface area contributed by atoms with E-state index < -0.39 is 0 Å². The van der Waals surface area contributed by atoms with Gasteiger partial charge in [-0.15, -0.1) is 5.56 Å². The monoisotopic (exact) mass is 514 g/mol. The zero-order chi connectivity index (χ0) is 22.0. The van der Waals surface area contributed by atoms with E-state index in [0.717, 1.165) is 6.42 Å². The molecule has 0 aliphatic heterocycles. The third kappa shape index (κ3) is 6.71. The first-order valence-corrected chi connectivity index (χ1v) is 18.0. The van der Waals surface area contributed by atoms with Crippen LogP contribution in [0.15, 0.2) is 72.8 Å². The molecule has 0 aromatic heterocycles. The standard InChI is InChI=1S/C13H9.C12H22Si.C5H5.Zr/c1-3-7-12-10(5-1)9-11-6-2-4-8-13(11)12;1-3-7-11(8-4-1)13-12-9-5-2-6-10-12;1-2-4-5-3-1;/h1-5,7-8H,9H2;11-12H,1-10H2;1-5H;/q-1;;-1;+2. The van der Waals surface area contributed by atoms with Gasteiger partial charge in [-0.1, -0.05) is 35.4 Å². The summed E-state index contributed by atoms with van der Waals surface area (Å²) in [6.07, 6.45) is 16.8. The van der Waals surface area contributed by atoms with Crippen molar-refractivity contribution in [2.45, 2.75) is 81.7 Å². The van der Waals surface area contributed by atoms with E-state index in [1.54, 1.807) is 51.4 Å². The van der Waals surface area contributed by atoms with Crippen molar-refractivity contribution in [3.63, 3.8) is 0 Å². The maximum Gasteiger partial charge on any atom is -0.0253 e. The Balaban J connectivity index is 0.000000127. The van der Waals surface area contributed by atoms with Gasteiger partial charge < -0.3 is 0 Å². The molecule has 0 radical (unpaired) electrons. The Kier molecular flexibility index (Phi) is 9.72. The van der Waals surface area contributed by atoms with E-state index in [1.165, 1.54) is 46.2 Å². The van der Waals surface area contributed by atoms with Crippen LogP contribution >= 0.6 is 0 Å². The molecule has 0 spiro atoms. The minimum atomic E-state index is 0.0991. The summed E-state index contributed by atoms with van der Waals surface area (Å²) in [4.78, 5) is 0. The third-order valence-corrected chi connectivity index (χ3v) is 16.2. The smallest absolute Gasteiger partial charge is 0.0253 e. The molecule has 0 nitrogen and oxygen atoms in total. The van der Waals surface area contributed by atoms with Crippen LogP contribution in [0.1, 0.15) is 75.3 Å². The second-order valence-corrected chi connectivity index (χ2v) is 16.3. The molecule has 0 saturated heterocycles. The van der Waals surface area contributed by atoms with Gasteiger partial charge >= 0.3 is 104 Å². The van der Waals surface area contributed by atoms with Crippen molar-refractivity contribution >= 4 is 5.43 Å². The Morgan fingerprint density at radius 1 is 0.719 bits per heavy atom. The number of hydrogen-bond donors (Lipinski definition) is 0. The van der Waals surface area contributed by atoms with Crippen LogP contribution in [-0.2, 0) is 29.8 Å². The van der Waals surface area contributed by atoms with Crippen LogP contribution in [0.4, 0.5) is 0 Å². The Labute approximate surface area is 210 Å². The van der Waals surface area contributed by atoms with Crippen LogP contribution in [-0.4, -0.2) is 5.43 Å². The minimum Gasteiger partial charge on any atom is -0.214 e. The van der Waals surface area contributed by atoms with Gasteiger partial charge in [-0.05, 0) is 6.42 Å². The van der Waals surface area contributed by atoms with Gasteiger partial charge in [0.15, 0.2) is 0 Å². The van der Waals surface area contributed by atoms with Gasteiger partial charge in [-0.2, -0.15) is 48.0 Å². The van der Waals surface area contributed by atoms with E-state index in [2.05, 4.69) is 42.5 Å². The Morgan fingerprint density at radius 2 is 1.31 bits per heavy atom. The molecule has 3 aliphatic rings. The first-order chi connectivity index (χ1) is 15.8. The SMILES string of the molecule is [Zr+2]=[Si](C1CCCCC1)C1CCCCC1.[c-]1cccc2c1Cc1ccccc1-2.c1cc[cH-]c1. The predicted octanol–water partition coefficient (Wildman–Crippen LogP) is 8.66. The van der Waals surface area contributed by atoms with Crippen LogP contribution in [0.25, 0.3) is 11.1 Å². The van der Waals surface area contributed by atoms with Crippen LogP contribution < -0.4 is 0 Å². The van der Waals surface area contributed by atoms with E-state index in [4.69, 9.17) is 0 Å². The van der Waals surface area contributed by atoms with Gasteiger partial charge in [-0.25, -0.2) is 12.1 Å². The first-order valence-electron chi connectivity index (χ1n) is 12.7. The summed E-state index contributed by atoms with van der Waals surface area (Å²) in [5, 5.41) is 0. The largest absolute Gasteiger partial charge is 0.214 e. The van der Waals surface area contributed by atoms with Crippen LogP contribution in [0.5, 0.6) is 0 Å². The van der Waals surface area contributed by atoms with Gasteiger partial charge in [0.2, 0.25) is 0 Å². The normalized spacial score (nSPS) is 17.8. The molecule has 32 heavy (non-hydrogen) atoms. The van der Waals surface area contributed by atoms with Gasteiger partial charge in [0.1, 0.15) is 0 Å². The Hall–Kier alpha value is -1.11. The van der Waals surface area contributed by atoms with E-state index in [-0.39, 0.29) is 5.43 Å². The Morgan fingerprint density at radius 3 is 1.91 bits per heavy atom. The van der Waals surface area contributed by atoms with Crippen LogP contribution in [0, 0.1) is 6.07 Å². The zero-order valence-electron chi connectivity index (χ0n) is 19.4. The predicted molar refractivity (Wildman–Crippen MR) is 135 cm³/mol. The van der Waals surface area contributed by atoms with Crippen molar-refractivity contribution in [3.05, 3.63) is 90.0 Å². The van der Waals surface area contributed by atoms with Crippen LogP contribution in [0.2, 0.25) is 11.1 Å². The summed E-state index contributed by atoms with van der Waals surface area (Å²) >= 11 is 1.95. The Bertz CT molecular complexity index is 866. The van der Waals surface area contributed by atoms with E-state index in [0.29, 0.717) is 0 Å². The first kappa shape index (κ1) is 24.0. The fraction of sp³-hybridized carbons (Fsp3) is 0.433. The second kappa shape index (κ2) is 13.0. The summed E-state index contributed by atoms with van der Waals surface area (Å²) in [7, 11) is 0. The molecule has 2 heteroatoms. The average Bonchev–Trinajstić information content (AvgIpc) is 3.57. The van der Waals surface area contributed by atoms with E-state index in [9.17, 15) is 0 Å². The summed E-state index contributed by atoms with van der Waals surface area (Å²) in [6.45, 7) is 0. The van der Waals surface area contributed by atoms with Crippen molar-refractivity contribution < 1.29 is 23.3 Å². The van der Waals surface area contributed by atoms with Crippen molar-refractivity contribution in [1.29, 1.82) is 0 Å². The maximum absolute atomic E-state index is 3.30. The minimum absolute atomic E-state index is 0.0991. The summed E-state index contributed by atoms with van der Waals surface area (Å²) in [5.41, 5.74) is 8.07. The van der Waals surface area contributed by atoms with Crippen molar-refractivity contribution in [2.75, 3.05) is 0 Å². The van der Waals surface area contributed by atoms with E-state index in [1.807, 2.05) is 59.7 Å². The molecule has 0 bridgehead atoms. The van der Waals surface area contributed by atoms with Crippen molar-refractivity contribution in [2.24, 2.45) is 0 Å². The maximum atomic E-state index is 3.30. The fourth-order valence-corrected chi connectivity index (χ4v) is 12.5. The molecule has 164 valence electrons. The molecule has 0 N–H and O–H groups in total. The quantitative estimate of drug-likeness (QED) is 0.185. The summed E-state index contributed by atoms with van der Waals surface area (Å²) in [6, 6.07) is 28.1. The molecule has 0 atom stereocenters. The fourth-order valence-electron chi connectivity index (χ4n) is 5.48. The number of hydrogen-bond acceptors (Lipinski definition) is 0. The molecule has 3 aromatic carbocycles. The van der Waals surface area contributed by atoms with E-state index >= 15 is 0 Å². The molecule has 0 unspecified atom stereocenters. The molecule has 6 rings (SSSR count). The van der Waals surface area contributed by atoms with Gasteiger partial charge in [0.25, 0.3) is 0 Å². The zero-order valence-corrected chi connectivity index (χ0v) is 22.8. The van der Waals surface area contributed by atoms with Gasteiger partial charge in [-0.3, -0.25) is 0 Å². The molecule has 2 saturated carbocycles. The average molecular weight is 516 g/mol. The molecule has 0 heterocycles. The van der Waals surface area contributed by atoms with Gasteiger partial charge in [0.05, 0.1) is 0 Å². The topological polar surface area (TPSA) is 0 Å². The third-order valence-electron chi connectivity index (χ3n) is 7.26. The molecule has 3 aromatic rings. The van der Waals surface area contributed by atoms with Crippen LogP contribution in [0.3, 0.4) is 0 Å². The molecule has 0 amide bonds. The number of fused-ring (bicyclic) bond motifs is 3. The number of rotatable bonds is 2. The van der Waals surface area contributed by atoms with Crippen molar-refractivity contribution in [3.8, 4) is 11.1 Å².